The number of nitrogens with one attached hydrogen (secondary N) is 2. The summed E-state index contributed by atoms with van der Waals surface area (Å²) in [7, 11) is 0. The number of rotatable bonds is 7. The van der Waals surface area contributed by atoms with Crippen LogP contribution in [0.2, 0.25) is 0 Å². The number of aromatic nitrogens is 2. The number of benzene rings is 3. The van der Waals surface area contributed by atoms with Crippen molar-refractivity contribution in [2.24, 2.45) is 0 Å². The van der Waals surface area contributed by atoms with E-state index in [4.69, 9.17) is 4.74 Å². The Kier molecular flexibility index (Phi) is 5.96. The monoisotopic (exact) mass is 396 g/mol. The molecule has 0 fully saturated rings. The van der Waals surface area contributed by atoms with Crippen molar-refractivity contribution in [3.63, 3.8) is 0 Å². The molecule has 1 heterocycles. The first kappa shape index (κ1) is 19.1. The molecule has 148 valence electrons. The van der Waals surface area contributed by atoms with Gasteiger partial charge in [0.2, 0.25) is 0 Å². The van der Waals surface area contributed by atoms with Gasteiger partial charge in [-0.1, -0.05) is 60.7 Å². The number of hydrogen-bond donors (Lipinski definition) is 2. The van der Waals surface area contributed by atoms with Crippen LogP contribution in [0.15, 0.2) is 97.3 Å². The van der Waals surface area contributed by atoms with E-state index < -0.39 is 0 Å². The molecule has 0 aliphatic carbocycles. The van der Waals surface area contributed by atoms with Crippen molar-refractivity contribution in [3.05, 3.63) is 109 Å². The van der Waals surface area contributed by atoms with E-state index in [0.29, 0.717) is 18.1 Å². The van der Waals surface area contributed by atoms with Gasteiger partial charge in [-0.15, -0.1) is 0 Å². The zero-order chi connectivity index (χ0) is 20.6. The Morgan fingerprint density at radius 1 is 0.800 bits per heavy atom. The number of para-hydroxylation sites is 3. The summed E-state index contributed by atoms with van der Waals surface area (Å²) >= 11 is 0. The molecule has 2 N–H and O–H groups in total. The summed E-state index contributed by atoms with van der Waals surface area (Å²) < 4.78 is 5.94. The van der Waals surface area contributed by atoms with Gasteiger partial charge in [0.05, 0.1) is 18.1 Å². The van der Waals surface area contributed by atoms with Crippen LogP contribution in [-0.4, -0.2) is 15.9 Å². The summed E-state index contributed by atoms with van der Waals surface area (Å²) in [4.78, 5) is 20.8. The Bertz CT molecular complexity index is 1100. The van der Waals surface area contributed by atoms with E-state index in [-0.39, 0.29) is 11.6 Å². The van der Waals surface area contributed by atoms with E-state index in [1.807, 2.05) is 84.9 Å². The quantitative estimate of drug-likeness (QED) is 0.463. The minimum Gasteiger partial charge on any atom is -0.455 e. The third kappa shape index (κ3) is 4.99. The van der Waals surface area contributed by atoms with Crippen molar-refractivity contribution in [1.29, 1.82) is 0 Å². The van der Waals surface area contributed by atoms with Gasteiger partial charge in [-0.3, -0.25) is 4.79 Å². The van der Waals surface area contributed by atoms with E-state index in [1.165, 1.54) is 12.4 Å². The molecule has 4 aromatic rings. The molecular formula is C24H20N4O2. The number of carbonyl (C=O) groups excluding carboxylic acids is 1. The highest BCUT2D eigenvalue weighted by Crippen LogP contribution is 2.30. The number of anilines is 2. The zero-order valence-electron chi connectivity index (χ0n) is 16.2. The Hall–Kier alpha value is -4.19. The molecule has 4 rings (SSSR count). The molecule has 0 radical (unpaired) electrons. The molecule has 0 spiro atoms. The summed E-state index contributed by atoms with van der Waals surface area (Å²) in [5, 5.41) is 6.03. The second kappa shape index (κ2) is 9.34. The lowest BCUT2D eigenvalue weighted by Crippen LogP contribution is -2.24. The third-order valence-corrected chi connectivity index (χ3v) is 4.30. The summed E-state index contributed by atoms with van der Waals surface area (Å²) in [6.07, 6.45) is 2.97. The molecule has 0 aliphatic rings. The largest absolute Gasteiger partial charge is 0.455 e. The van der Waals surface area contributed by atoms with Crippen molar-refractivity contribution in [1.82, 2.24) is 15.3 Å². The Balaban J connectivity index is 1.41. The van der Waals surface area contributed by atoms with Crippen LogP contribution in [0.4, 0.5) is 11.5 Å². The highest BCUT2D eigenvalue weighted by molar-refractivity contribution is 5.92. The van der Waals surface area contributed by atoms with Gasteiger partial charge in [0, 0.05) is 6.54 Å². The summed E-state index contributed by atoms with van der Waals surface area (Å²) in [6.45, 7) is 0.436. The van der Waals surface area contributed by atoms with Crippen LogP contribution in [0.3, 0.4) is 0 Å². The van der Waals surface area contributed by atoms with Gasteiger partial charge in [0.1, 0.15) is 17.3 Å². The van der Waals surface area contributed by atoms with Crippen molar-refractivity contribution >= 4 is 17.4 Å². The normalized spacial score (nSPS) is 10.3. The Morgan fingerprint density at radius 2 is 1.50 bits per heavy atom. The molecule has 1 aromatic heterocycles. The molecule has 6 heteroatoms. The van der Waals surface area contributed by atoms with E-state index >= 15 is 0 Å². The number of amides is 1. The van der Waals surface area contributed by atoms with Gasteiger partial charge in [0.15, 0.2) is 5.75 Å². The van der Waals surface area contributed by atoms with E-state index in [0.717, 1.165) is 17.0 Å². The maximum atomic E-state index is 12.3. The number of hydrogen-bond acceptors (Lipinski definition) is 5. The minimum absolute atomic E-state index is 0.255. The average molecular weight is 396 g/mol. The molecule has 30 heavy (non-hydrogen) atoms. The van der Waals surface area contributed by atoms with Gasteiger partial charge in [0.25, 0.3) is 5.91 Å². The smallest absolute Gasteiger partial charge is 0.271 e. The van der Waals surface area contributed by atoms with Gasteiger partial charge < -0.3 is 15.4 Å². The summed E-state index contributed by atoms with van der Waals surface area (Å²) in [5.74, 6) is 1.64. The molecule has 3 aromatic carbocycles. The SMILES string of the molecule is O=C(NCc1ccccc1)c1cnc(Nc2ccccc2Oc2ccccc2)cn1. The average Bonchev–Trinajstić information content (AvgIpc) is 2.81. The molecular weight excluding hydrogens is 376 g/mol. The van der Waals surface area contributed by atoms with Gasteiger partial charge in [-0.2, -0.15) is 0 Å². The van der Waals surface area contributed by atoms with Crippen LogP contribution in [-0.2, 0) is 6.54 Å². The van der Waals surface area contributed by atoms with Crippen molar-refractivity contribution in [2.75, 3.05) is 5.32 Å². The van der Waals surface area contributed by atoms with Crippen LogP contribution in [0.25, 0.3) is 0 Å². The predicted molar refractivity (Wildman–Crippen MR) is 116 cm³/mol. The highest BCUT2D eigenvalue weighted by atomic mass is 16.5. The molecule has 0 unspecified atom stereocenters. The van der Waals surface area contributed by atoms with Gasteiger partial charge in [-0.25, -0.2) is 9.97 Å². The first-order valence-corrected chi connectivity index (χ1v) is 9.51. The van der Waals surface area contributed by atoms with Crippen molar-refractivity contribution in [2.45, 2.75) is 6.54 Å². The third-order valence-electron chi connectivity index (χ3n) is 4.30. The molecule has 1 amide bonds. The van der Waals surface area contributed by atoms with Crippen LogP contribution >= 0.6 is 0 Å². The Labute approximate surface area is 174 Å². The fourth-order valence-corrected chi connectivity index (χ4v) is 2.79. The lowest BCUT2D eigenvalue weighted by molar-refractivity contribution is 0.0945. The molecule has 0 atom stereocenters. The van der Waals surface area contributed by atoms with Gasteiger partial charge in [-0.05, 0) is 29.8 Å². The van der Waals surface area contributed by atoms with Crippen molar-refractivity contribution in [3.8, 4) is 11.5 Å². The van der Waals surface area contributed by atoms with E-state index in [1.54, 1.807) is 0 Å². The molecule has 0 saturated carbocycles. The van der Waals surface area contributed by atoms with E-state index in [2.05, 4.69) is 20.6 Å². The lowest BCUT2D eigenvalue weighted by atomic mass is 10.2. The van der Waals surface area contributed by atoms with Gasteiger partial charge >= 0.3 is 0 Å². The fourth-order valence-electron chi connectivity index (χ4n) is 2.79. The van der Waals surface area contributed by atoms with Crippen LogP contribution in [0.5, 0.6) is 11.5 Å². The standard InChI is InChI=1S/C24H20N4O2/c29-24(27-15-18-9-3-1-4-10-18)21-16-26-23(17-25-21)28-20-13-7-8-14-22(20)30-19-11-5-2-6-12-19/h1-14,16-17H,15H2,(H,26,28)(H,27,29). The number of ether oxygens (including phenoxy) is 1. The van der Waals surface area contributed by atoms with Crippen LogP contribution in [0.1, 0.15) is 16.1 Å². The number of nitrogens with zero attached hydrogens (tertiary/aromatic N) is 2. The molecule has 0 saturated heterocycles. The maximum absolute atomic E-state index is 12.3. The topological polar surface area (TPSA) is 76.1 Å². The number of carbonyl (C=O) groups is 1. The second-order valence-electron chi connectivity index (χ2n) is 6.49. The highest BCUT2D eigenvalue weighted by Gasteiger charge is 2.09. The van der Waals surface area contributed by atoms with Crippen LogP contribution < -0.4 is 15.4 Å². The summed E-state index contributed by atoms with van der Waals surface area (Å²) in [6, 6.07) is 26.8. The second-order valence-corrected chi connectivity index (χ2v) is 6.49. The predicted octanol–water partition coefficient (Wildman–Crippen LogP) is 4.94. The fraction of sp³-hybridized carbons (Fsp3) is 0.0417. The minimum atomic E-state index is -0.272. The lowest BCUT2D eigenvalue weighted by Gasteiger charge is -2.12. The first-order chi connectivity index (χ1) is 14.8. The molecule has 6 nitrogen and oxygen atoms in total. The van der Waals surface area contributed by atoms with Crippen molar-refractivity contribution < 1.29 is 9.53 Å². The first-order valence-electron chi connectivity index (χ1n) is 9.51. The molecule has 0 bridgehead atoms. The Morgan fingerprint density at radius 3 is 2.23 bits per heavy atom. The van der Waals surface area contributed by atoms with E-state index in [9.17, 15) is 4.79 Å². The van der Waals surface area contributed by atoms with Crippen LogP contribution in [0, 0.1) is 0 Å². The zero-order valence-corrected chi connectivity index (χ0v) is 16.2. The maximum Gasteiger partial charge on any atom is 0.271 e. The molecule has 0 aliphatic heterocycles. The summed E-state index contributed by atoms with van der Waals surface area (Å²) in [5.41, 5.74) is 2.02.